The van der Waals surface area contributed by atoms with Crippen LogP contribution in [0.4, 0.5) is 0 Å². The third kappa shape index (κ3) is 9.12. The van der Waals surface area contributed by atoms with Gasteiger partial charge in [0.05, 0.1) is 33.5 Å². The van der Waals surface area contributed by atoms with Crippen LogP contribution in [0.3, 0.4) is 0 Å². The average molecular weight is 884 g/mol. The Labute approximate surface area is 411 Å². The summed E-state index contributed by atoms with van der Waals surface area (Å²) >= 11 is 0. The molecule has 0 atom stereocenters. The average Bonchev–Trinajstić information content (AvgIpc) is 3.79. The van der Waals surface area contributed by atoms with Crippen molar-refractivity contribution in [1.29, 1.82) is 0 Å². The number of hydrogen-bond donors (Lipinski definition) is 1. The summed E-state index contributed by atoms with van der Waals surface area (Å²) in [6.45, 7) is 20.3. The Morgan fingerprint density at radius 3 is 1.86 bits per heavy atom. The minimum Gasteiger partial charge on any atom is -0.507 e. The van der Waals surface area contributed by atoms with Crippen LogP contribution in [0.1, 0.15) is 157 Å². The summed E-state index contributed by atoms with van der Waals surface area (Å²) < 4.78 is 106. The summed E-state index contributed by atoms with van der Waals surface area (Å²) in [6, 6.07) is 27.7. The Kier molecular flexibility index (Phi) is 8.66. The van der Waals surface area contributed by atoms with Crippen molar-refractivity contribution < 1.29 is 21.6 Å². The molecule has 8 rings (SSSR count). The van der Waals surface area contributed by atoms with Gasteiger partial charge in [-0.2, -0.15) is 0 Å². The highest BCUT2D eigenvalue weighted by molar-refractivity contribution is 5.97. The predicted octanol–water partition coefficient (Wildman–Crippen LogP) is 17.2. The van der Waals surface area contributed by atoms with E-state index in [2.05, 4.69) is 47.6 Å². The van der Waals surface area contributed by atoms with Crippen molar-refractivity contribution in [3.05, 3.63) is 166 Å². The molecule has 338 valence electrons. The van der Waals surface area contributed by atoms with Gasteiger partial charge in [-0.3, -0.25) is 9.55 Å². The number of aromatic hydroxyl groups is 1. The second-order valence-electron chi connectivity index (χ2n) is 21.1. The van der Waals surface area contributed by atoms with E-state index < -0.39 is 66.1 Å². The number of hydrogen-bond acceptors (Lipinski definition) is 3. The molecule has 0 fully saturated rings. The summed E-state index contributed by atoms with van der Waals surface area (Å²) in [5.74, 6) is -1.70. The first kappa shape index (κ1) is 33.2. The Morgan fingerprint density at radius 1 is 0.591 bits per heavy atom. The second kappa shape index (κ2) is 17.2. The van der Waals surface area contributed by atoms with Gasteiger partial charge in [0, 0.05) is 33.9 Å². The van der Waals surface area contributed by atoms with Crippen LogP contribution in [0.25, 0.3) is 72.7 Å². The molecule has 1 N–H and O–H groups in total. The van der Waals surface area contributed by atoms with E-state index in [1.165, 1.54) is 6.20 Å². The molecule has 0 amide bonds. The molecule has 6 aromatic carbocycles. The summed E-state index contributed by atoms with van der Waals surface area (Å²) in [7, 11) is 0. The van der Waals surface area contributed by atoms with Crippen molar-refractivity contribution in [2.45, 2.75) is 132 Å². The Morgan fingerprint density at radius 2 is 1.24 bits per heavy atom. The van der Waals surface area contributed by atoms with Crippen LogP contribution in [0.2, 0.25) is 0 Å². The van der Waals surface area contributed by atoms with E-state index in [1.807, 2.05) is 92.1 Å². The lowest BCUT2D eigenvalue weighted by Gasteiger charge is -2.27. The van der Waals surface area contributed by atoms with E-state index in [4.69, 9.17) is 26.4 Å². The number of imidazole rings is 1. The minimum atomic E-state index is -2.86. The van der Waals surface area contributed by atoms with Crippen LogP contribution >= 0.6 is 0 Å². The normalized spacial score (nSPS) is 15.8. The number of aryl methyl sites for hydroxylation is 1. The zero-order valence-corrected chi connectivity index (χ0v) is 40.6. The first-order valence-corrected chi connectivity index (χ1v) is 22.6. The molecule has 0 aliphatic heterocycles. The van der Waals surface area contributed by atoms with Gasteiger partial charge in [-0.25, -0.2) is 4.98 Å². The monoisotopic (exact) mass is 884 g/mol. The number of phenols is 1. The van der Waals surface area contributed by atoms with Gasteiger partial charge in [0.25, 0.3) is 0 Å². The van der Waals surface area contributed by atoms with Crippen LogP contribution in [-0.4, -0.2) is 19.6 Å². The molecule has 2 heterocycles. The molecule has 0 saturated carbocycles. The van der Waals surface area contributed by atoms with Crippen LogP contribution in [0.15, 0.2) is 127 Å². The predicted molar refractivity (Wildman–Crippen MR) is 281 cm³/mol. The van der Waals surface area contributed by atoms with Crippen molar-refractivity contribution in [3.8, 4) is 67.5 Å². The Balaban J connectivity index is 1.44. The summed E-state index contributed by atoms with van der Waals surface area (Å²) in [4.78, 5) is 10.2. The lowest BCUT2D eigenvalue weighted by atomic mass is 9.79. The zero-order chi connectivity index (χ0) is 57.9. The summed E-state index contributed by atoms with van der Waals surface area (Å²) in [6.07, 6.45) is 1.52. The first-order valence-electron chi connectivity index (χ1n) is 28.6. The molecule has 2 aromatic heterocycles. The van der Waals surface area contributed by atoms with Gasteiger partial charge in [0.1, 0.15) is 11.6 Å². The fourth-order valence-corrected chi connectivity index (χ4v) is 8.41. The molecule has 4 nitrogen and oxygen atoms in total. The van der Waals surface area contributed by atoms with E-state index in [0.717, 1.165) is 16.7 Å². The molecular formula is C62H69N3O. The van der Waals surface area contributed by atoms with E-state index in [-0.39, 0.29) is 22.3 Å². The molecular weight excluding hydrogens is 803 g/mol. The lowest BCUT2D eigenvalue weighted by molar-refractivity contribution is 0.446. The number of rotatable bonds is 8. The van der Waals surface area contributed by atoms with Crippen molar-refractivity contribution in [1.82, 2.24) is 14.5 Å². The molecule has 0 spiro atoms. The number of pyridine rings is 1. The lowest BCUT2D eigenvalue weighted by Crippen LogP contribution is -2.17. The van der Waals surface area contributed by atoms with Gasteiger partial charge in [0.2, 0.25) is 0 Å². The van der Waals surface area contributed by atoms with E-state index >= 15 is 0 Å². The van der Waals surface area contributed by atoms with Crippen LogP contribution in [-0.2, 0) is 16.2 Å². The maximum atomic E-state index is 12.6. The summed E-state index contributed by atoms with van der Waals surface area (Å²) in [5.41, 5.74) is 7.85. The van der Waals surface area contributed by atoms with Crippen molar-refractivity contribution in [2.75, 3.05) is 0 Å². The number of para-hydroxylation sites is 1. The van der Waals surface area contributed by atoms with Crippen LogP contribution in [0, 0.1) is 13.7 Å². The van der Waals surface area contributed by atoms with Crippen LogP contribution in [0.5, 0.6) is 5.75 Å². The molecule has 0 bridgehead atoms. The van der Waals surface area contributed by atoms with E-state index in [9.17, 15) is 5.11 Å². The van der Waals surface area contributed by atoms with Crippen molar-refractivity contribution in [3.63, 3.8) is 0 Å². The first-order chi connectivity index (χ1) is 35.7. The van der Waals surface area contributed by atoms with Crippen molar-refractivity contribution >= 4 is 11.0 Å². The molecule has 8 aromatic rings. The number of benzene rings is 6. The zero-order valence-electron chi connectivity index (χ0n) is 52.6. The van der Waals surface area contributed by atoms with E-state index in [0.29, 0.717) is 78.3 Å². The molecule has 0 aliphatic carbocycles. The quantitative estimate of drug-likeness (QED) is 0.165. The minimum absolute atomic E-state index is 0.0128. The van der Waals surface area contributed by atoms with Gasteiger partial charge >= 0.3 is 0 Å². The van der Waals surface area contributed by atoms with Crippen LogP contribution < -0.4 is 0 Å². The maximum Gasteiger partial charge on any atom is 0.149 e. The maximum absolute atomic E-state index is 12.6. The molecule has 66 heavy (non-hydrogen) atoms. The SMILES string of the molecule is [2H]c1c([2H])c(C([2H])([2H])[2H])c([2H])c([2H])c1-c1ccnc(-c2cc(-c3cccc4c3nc(-c3cc(C(C)(C)C)cc(C(C)(C)C)c3O)n4-c3ccc(-c4cc(C([2H])(C)C)cc(C([2H])(C)C)c4)cc3C([2H])([2H])[2H])cc(C(C)(C)C)c2)c1. The number of fused-ring (bicyclic) bond motifs is 1. The highest BCUT2D eigenvalue weighted by atomic mass is 16.3. The van der Waals surface area contributed by atoms with E-state index in [1.54, 1.807) is 52.0 Å². The smallest absolute Gasteiger partial charge is 0.149 e. The number of phenolic OH excluding ortho intramolecular Hbond substituents is 1. The fraction of sp³-hybridized carbons (Fsp3) is 0.323. The van der Waals surface area contributed by atoms with Gasteiger partial charge in [-0.05, 0) is 146 Å². The summed E-state index contributed by atoms with van der Waals surface area (Å²) in [5, 5.41) is 12.6. The van der Waals surface area contributed by atoms with Gasteiger partial charge in [0.15, 0.2) is 0 Å². The Bertz CT molecular complexity index is 3620. The largest absolute Gasteiger partial charge is 0.507 e. The topological polar surface area (TPSA) is 50.9 Å². The van der Waals surface area contributed by atoms with Crippen molar-refractivity contribution in [2.24, 2.45) is 0 Å². The molecule has 0 unspecified atom stereocenters. The molecule has 0 radical (unpaired) electrons. The number of aromatic nitrogens is 3. The van der Waals surface area contributed by atoms with Gasteiger partial charge in [-0.1, -0.05) is 168 Å². The fourth-order valence-electron chi connectivity index (χ4n) is 8.41. The Hall–Kier alpha value is -6.26. The number of nitrogens with zero attached hydrogens (tertiary/aromatic N) is 3. The third-order valence-corrected chi connectivity index (χ3v) is 12.4. The van der Waals surface area contributed by atoms with Gasteiger partial charge in [-0.15, -0.1) is 0 Å². The molecule has 0 saturated heterocycles. The molecule has 4 heteroatoms. The standard InChI is InChI=1S/C62H69N3O/c1-37(2)44-28-45(38(3)4)30-46(29-44)42-23-24-55(40(6)27-42)65-56-18-16-17-51(57(56)64-59(65)52-35-50(61(10,11)12)36-53(58(52)66)62(13,14)15)47-31-48(33-49(32-47)60(7,8)9)54-34-43(25-26-63-54)41-21-19-39(5)20-22-41/h16-38,66H,1-15H3/i5D3,6D3,19D,20D,21D,22D,37D,38D. The highest BCUT2D eigenvalue weighted by Crippen LogP contribution is 2.45. The van der Waals surface area contributed by atoms with Gasteiger partial charge < -0.3 is 5.11 Å². The third-order valence-electron chi connectivity index (χ3n) is 12.4. The second-order valence-corrected chi connectivity index (χ2v) is 21.1. The highest BCUT2D eigenvalue weighted by Gasteiger charge is 2.29. The molecule has 0 aliphatic rings.